The molecule has 1 aliphatic heterocycles. The van der Waals surface area contributed by atoms with E-state index < -0.39 is 0 Å². The van der Waals surface area contributed by atoms with Crippen molar-refractivity contribution in [2.24, 2.45) is 10.8 Å². The van der Waals surface area contributed by atoms with Crippen molar-refractivity contribution in [1.29, 1.82) is 0 Å². The number of ketones is 1. The molecular formula is C17H27N3O. The smallest absolute Gasteiger partial charge is 0.189 e. The fraction of sp³-hybridized carbons (Fsp3) is 0.765. The van der Waals surface area contributed by atoms with Crippen molar-refractivity contribution in [2.45, 2.75) is 59.4 Å². The Morgan fingerprint density at radius 3 is 2.43 bits per heavy atom. The summed E-state index contributed by atoms with van der Waals surface area (Å²) in [6.07, 6.45) is 5.24. The molecule has 0 aromatic carbocycles. The molecule has 1 aromatic heterocycles. The third-order valence-electron chi connectivity index (χ3n) is 5.68. The number of piperidine rings is 1. The standard InChI is InChI=1S/C17H27N3O/c1-15(2,3)20-11-12-10-17(6-8-18-9-7-17)16(4,5)14(21)13(12)19-20/h11,18H,6-10H2,1-5H3. The quantitative estimate of drug-likeness (QED) is 0.799. The summed E-state index contributed by atoms with van der Waals surface area (Å²) in [5, 5.41) is 8.06. The van der Waals surface area contributed by atoms with Crippen LogP contribution in [0.4, 0.5) is 0 Å². The van der Waals surface area contributed by atoms with Crippen LogP contribution in [-0.4, -0.2) is 28.7 Å². The first-order valence-electron chi connectivity index (χ1n) is 8.02. The van der Waals surface area contributed by atoms with Gasteiger partial charge in [0.25, 0.3) is 0 Å². The molecule has 116 valence electrons. The van der Waals surface area contributed by atoms with Crippen molar-refractivity contribution in [3.05, 3.63) is 17.5 Å². The predicted molar refractivity (Wildman–Crippen MR) is 83.6 cm³/mol. The van der Waals surface area contributed by atoms with Crippen molar-refractivity contribution < 1.29 is 4.79 Å². The van der Waals surface area contributed by atoms with Crippen LogP contribution in [0.15, 0.2) is 6.20 Å². The zero-order valence-corrected chi connectivity index (χ0v) is 13.9. The second-order valence-electron chi connectivity index (χ2n) is 8.28. The van der Waals surface area contributed by atoms with Gasteiger partial charge in [0.2, 0.25) is 0 Å². The number of hydrogen-bond acceptors (Lipinski definition) is 3. The van der Waals surface area contributed by atoms with E-state index in [9.17, 15) is 4.79 Å². The van der Waals surface area contributed by atoms with Gasteiger partial charge in [-0.2, -0.15) is 5.10 Å². The van der Waals surface area contributed by atoms with Gasteiger partial charge >= 0.3 is 0 Å². The van der Waals surface area contributed by atoms with E-state index in [1.807, 2.05) is 4.68 Å². The summed E-state index contributed by atoms with van der Waals surface area (Å²) in [5.74, 6) is 0.230. The van der Waals surface area contributed by atoms with Gasteiger partial charge in [0.1, 0.15) is 5.69 Å². The maximum atomic E-state index is 13.1. The van der Waals surface area contributed by atoms with Gasteiger partial charge in [-0.15, -0.1) is 0 Å². The van der Waals surface area contributed by atoms with Crippen molar-refractivity contribution in [1.82, 2.24) is 15.1 Å². The lowest BCUT2D eigenvalue weighted by molar-refractivity contribution is 0.0218. The van der Waals surface area contributed by atoms with E-state index in [0.29, 0.717) is 5.69 Å². The molecule has 1 aliphatic carbocycles. The molecule has 1 aromatic rings. The SMILES string of the molecule is CC(C)(C)n1cc2c(n1)C(=O)C(C)(C)C1(CCNCC1)C2. The average Bonchev–Trinajstić information content (AvgIpc) is 2.81. The molecule has 0 bridgehead atoms. The van der Waals surface area contributed by atoms with Crippen LogP contribution in [0.2, 0.25) is 0 Å². The Bertz CT molecular complexity index is 571. The molecule has 0 saturated carbocycles. The first kappa shape index (κ1) is 14.8. The molecule has 1 N–H and O–H groups in total. The van der Waals surface area contributed by atoms with E-state index >= 15 is 0 Å². The van der Waals surface area contributed by atoms with Gasteiger partial charge in [0.05, 0.1) is 5.54 Å². The van der Waals surface area contributed by atoms with E-state index in [4.69, 9.17) is 0 Å². The van der Waals surface area contributed by atoms with Crippen LogP contribution in [0.5, 0.6) is 0 Å². The van der Waals surface area contributed by atoms with Crippen LogP contribution in [-0.2, 0) is 12.0 Å². The number of rotatable bonds is 0. The molecule has 1 fully saturated rings. The Balaban J connectivity index is 2.08. The summed E-state index contributed by atoms with van der Waals surface area (Å²) < 4.78 is 1.96. The largest absolute Gasteiger partial charge is 0.317 e. The third-order valence-corrected chi connectivity index (χ3v) is 5.68. The molecule has 1 saturated heterocycles. The number of carbonyl (C=O) groups excluding carboxylic acids is 1. The summed E-state index contributed by atoms with van der Waals surface area (Å²) in [4.78, 5) is 13.1. The fourth-order valence-electron chi connectivity index (χ4n) is 3.90. The summed E-state index contributed by atoms with van der Waals surface area (Å²) >= 11 is 0. The van der Waals surface area contributed by atoms with Crippen LogP contribution >= 0.6 is 0 Å². The van der Waals surface area contributed by atoms with Gasteiger partial charge in [0.15, 0.2) is 5.78 Å². The number of fused-ring (bicyclic) bond motifs is 1. The molecule has 4 nitrogen and oxygen atoms in total. The third kappa shape index (κ3) is 2.07. The average molecular weight is 289 g/mol. The van der Waals surface area contributed by atoms with Gasteiger partial charge in [-0.05, 0) is 58.5 Å². The van der Waals surface area contributed by atoms with Crippen molar-refractivity contribution >= 4 is 5.78 Å². The maximum absolute atomic E-state index is 13.1. The second-order valence-corrected chi connectivity index (χ2v) is 8.28. The number of carbonyl (C=O) groups is 1. The first-order valence-corrected chi connectivity index (χ1v) is 8.02. The van der Waals surface area contributed by atoms with Gasteiger partial charge in [0, 0.05) is 17.2 Å². The summed E-state index contributed by atoms with van der Waals surface area (Å²) in [5.41, 5.74) is 1.55. The lowest BCUT2D eigenvalue weighted by Gasteiger charge is -2.50. The highest BCUT2D eigenvalue weighted by molar-refractivity contribution is 6.01. The Hall–Kier alpha value is -1.16. The molecule has 2 heterocycles. The lowest BCUT2D eigenvalue weighted by Crippen LogP contribution is -2.53. The summed E-state index contributed by atoms with van der Waals surface area (Å²) in [7, 11) is 0. The maximum Gasteiger partial charge on any atom is 0.189 e. The number of Topliss-reactive ketones (excluding diaryl/α,β-unsaturated/α-hetero) is 1. The summed E-state index contributed by atoms with van der Waals surface area (Å²) in [6, 6.07) is 0. The molecule has 0 amide bonds. The second kappa shape index (κ2) is 4.42. The van der Waals surface area contributed by atoms with Crippen LogP contribution in [0.25, 0.3) is 0 Å². The highest BCUT2D eigenvalue weighted by Crippen LogP contribution is 2.53. The van der Waals surface area contributed by atoms with Crippen LogP contribution in [0.1, 0.15) is 63.5 Å². The highest BCUT2D eigenvalue weighted by Gasteiger charge is 2.54. The molecular weight excluding hydrogens is 262 g/mol. The predicted octanol–water partition coefficient (Wildman–Crippen LogP) is 2.77. The molecule has 1 spiro atoms. The molecule has 3 rings (SSSR count). The number of hydrogen-bond donors (Lipinski definition) is 1. The van der Waals surface area contributed by atoms with E-state index in [1.165, 1.54) is 0 Å². The zero-order chi connectivity index (χ0) is 15.5. The Labute approximate surface area is 127 Å². The van der Waals surface area contributed by atoms with E-state index in [-0.39, 0.29) is 22.2 Å². The number of nitrogens with one attached hydrogen (secondary N) is 1. The minimum absolute atomic E-state index is 0.0803. The fourth-order valence-corrected chi connectivity index (χ4v) is 3.90. The van der Waals surface area contributed by atoms with Gasteiger partial charge in [-0.1, -0.05) is 13.8 Å². The molecule has 0 atom stereocenters. The molecule has 21 heavy (non-hydrogen) atoms. The van der Waals surface area contributed by atoms with Crippen LogP contribution in [0.3, 0.4) is 0 Å². The monoisotopic (exact) mass is 289 g/mol. The van der Waals surface area contributed by atoms with E-state index in [2.05, 4.69) is 51.2 Å². The van der Waals surface area contributed by atoms with E-state index in [1.54, 1.807) is 0 Å². The van der Waals surface area contributed by atoms with Gasteiger partial charge in [-0.3, -0.25) is 9.48 Å². The topological polar surface area (TPSA) is 46.9 Å². The Kier molecular flexibility index (Phi) is 3.11. The minimum atomic E-state index is -0.320. The van der Waals surface area contributed by atoms with Gasteiger partial charge < -0.3 is 5.32 Å². The van der Waals surface area contributed by atoms with Crippen LogP contribution in [0, 0.1) is 10.8 Å². The normalized spacial score (nSPS) is 24.1. The molecule has 0 unspecified atom stereocenters. The number of aromatic nitrogens is 2. The first-order chi connectivity index (χ1) is 9.67. The Morgan fingerprint density at radius 1 is 1.24 bits per heavy atom. The van der Waals surface area contributed by atoms with Crippen molar-refractivity contribution in [2.75, 3.05) is 13.1 Å². The molecule has 2 aliphatic rings. The lowest BCUT2D eigenvalue weighted by atomic mass is 9.53. The summed E-state index contributed by atoms with van der Waals surface area (Å²) in [6.45, 7) is 12.7. The number of nitrogens with zero attached hydrogens (tertiary/aromatic N) is 2. The highest BCUT2D eigenvalue weighted by atomic mass is 16.1. The van der Waals surface area contributed by atoms with Gasteiger partial charge in [-0.25, -0.2) is 0 Å². The van der Waals surface area contributed by atoms with Crippen LogP contribution < -0.4 is 5.32 Å². The Morgan fingerprint density at radius 2 is 1.86 bits per heavy atom. The zero-order valence-electron chi connectivity index (χ0n) is 13.9. The van der Waals surface area contributed by atoms with Crippen molar-refractivity contribution in [3.63, 3.8) is 0 Å². The van der Waals surface area contributed by atoms with E-state index in [0.717, 1.165) is 37.9 Å². The minimum Gasteiger partial charge on any atom is -0.317 e. The molecule has 4 heteroatoms. The van der Waals surface area contributed by atoms with Crippen molar-refractivity contribution in [3.8, 4) is 0 Å². The molecule has 0 radical (unpaired) electrons.